The molecule has 0 aromatic carbocycles. The number of carbonyl (C=O) groups is 2. The fourth-order valence-electron chi connectivity index (χ4n) is 4.88. The van der Waals surface area contributed by atoms with E-state index in [0.29, 0.717) is 18.1 Å². The Bertz CT molecular complexity index is 539. The minimum Gasteiger partial charge on any atom is -0.487 e. The fourth-order valence-corrected chi connectivity index (χ4v) is 4.88. The Labute approximate surface area is 131 Å². The van der Waals surface area contributed by atoms with Gasteiger partial charge in [0.1, 0.15) is 11.4 Å². The van der Waals surface area contributed by atoms with Crippen molar-refractivity contribution in [2.75, 3.05) is 7.11 Å². The Morgan fingerprint density at radius 2 is 2.05 bits per heavy atom. The van der Waals surface area contributed by atoms with Crippen LogP contribution in [0.5, 0.6) is 0 Å². The number of hydrogen-bond donors (Lipinski definition) is 0. The molecule has 5 heteroatoms. The number of rotatable bonds is 4. The van der Waals surface area contributed by atoms with Crippen LogP contribution >= 0.6 is 0 Å². The van der Waals surface area contributed by atoms with E-state index in [2.05, 4.69) is 13.8 Å². The molecule has 2 aliphatic heterocycles. The van der Waals surface area contributed by atoms with E-state index in [1.54, 1.807) is 0 Å². The van der Waals surface area contributed by atoms with Crippen LogP contribution in [0.15, 0.2) is 11.8 Å². The second-order valence-corrected chi connectivity index (χ2v) is 6.59. The third kappa shape index (κ3) is 1.71. The van der Waals surface area contributed by atoms with Crippen LogP contribution < -0.4 is 0 Å². The molecule has 2 heterocycles. The van der Waals surface area contributed by atoms with Crippen molar-refractivity contribution in [2.45, 2.75) is 57.7 Å². The van der Waals surface area contributed by atoms with Gasteiger partial charge >= 0.3 is 11.9 Å². The summed E-state index contributed by atoms with van der Waals surface area (Å²) in [5.74, 6) is 0.0511. The van der Waals surface area contributed by atoms with E-state index in [0.717, 1.165) is 19.3 Å². The van der Waals surface area contributed by atoms with Gasteiger partial charge in [-0.05, 0) is 25.2 Å². The lowest BCUT2D eigenvalue weighted by Crippen LogP contribution is -2.40. The second-order valence-electron chi connectivity index (χ2n) is 6.59. The predicted molar refractivity (Wildman–Crippen MR) is 78.7 cm³/mol. The summed E-state index contributed by atoms with van der Waals surface area (Å²) < 4.78 is 16.8. The van der Waals surface area contributed by atoms with E-state index >= 15 is 0 Å². The number of methoxy groups -OCH3 is 1. The summed E-state index contributed by atoms with van der Waals surface area (Å²) in [6.07, 6.45) is 4.57. The van der Waals surface area contributed by atoms with Crippen LogP contribution in [-0.2, 0) is 23.8 Å². The van der Waals surface area contributed by atoms with Crippen molar-refractivity contribution >= 4 is 11.9 Å². The van der Waals surface area contributed by atoms with Crippen LogP contribution in [0, 0.1) is 17.8 Å². The van der Waals surface area contributed by atoms with Crippen molar-refractivity contribution in [2.24, 2.45) is 17.8 Å². The first-order chi connectivity index (χ1) is 10.5. The van der Waals surface area contributed by atoms with Gasteiger partial charge in [0, 0.05) is 0 Å². The van der Waals surface area contributed by atoms with Gasteiger partial charge in [-0.1, -0.05) is 27.2 Å². The van der Waals surface area contributed by atoms with Gasteiger partial charge in [0.15, 0.2) is 5.60 Å². The van der Waals surface area contributed by atoms with Crippen molar-refractivity contribution in [1.29, 1.82) is 0 Å². The lowest BCUT2D eigenvalue weighted by Gasteiger charge is -2.28. The van der Waals surface area contributed by atoms with Gasteiger partial charge in [-0.2, -0.15) is 0 Å². The highest BCUT2D eigenvalue weighted by atomic mass is 16.6. The van der Waals surface area contributed by atoms with Crippen LogP contribution in [0.3, 0.4) is 0 Å². The molecule has 1 saturated carbocycles. The molecule has 0 aromatic rings. The molecule has 22 heavy (non-hydrogen) atoms. The molecule has 3 aliphatic rings. The second kappa shape index (κ2) is 5.00. The van der Waals surface area contributed by atoms with Crippen molar-refractivity contribution in [3.8, 4) is 0 Å². The number of esters is 2. The highest BCUT2D eigenvalue weighted by molar-refractivity contribution is 5.84. The van der Waals surface area contributed by atoms with Gasteiger partial charge < -0.3 is 14.2 Å². The first-order valence-corrected chi connectivity index (χ1v) is 8.20. The van der Waals surface area contributed by atoms with Gasteiger partial charge in [0.05, 0.1) is 25.0 Å². The highest BCUT2D eigenvalue weighted by Gasteiger charge is 2.75. The summed E-state index contributed by atoms with van der Waals surface area (Å²) in [7, 11) is 1.33. The largest absolute Gasteiger partial charge is 0.487 e. The average Bonchev–Trinajstić information content (AvgIpc) is 3.10. The van der Waals surface area contributed by atoms with Gasteiger partial charge in [-0.25, -0.2) is 4.79 Å². The first kappa shape index (κ1) is 15.4. The molecule has 0 radical (unpaired) electrons. The topological polar surface area (TPSA) is 61.8 Å². The maximum absolute atomic E-state index is 12.5. The summed E-state index contributed by atoms with van der Waals surface area (Å²) in [5.41, 5.74) is -1.19. The molecular weight excluding hydrogens is 284 g/mol. The molecule has 0 aromatic heterocycles. The molecule has 122 valence electrons. The molecule has 2 saturated heterocycles. The summed E-state index contributed by atoms with van der Waals surface area (Å²) in [5, 5.41) is 0. The van der Waals surface area contributed by atoms with E-state index in [4.69, 9.17) is 14.2 Å². The zero-order valence-electron chi connectivity index (χ0n) is 13.7. The van der Waals surface area contributed by atoms with E-state index in [9.17, 15) is 9.59 Å². The van der Waals surface area contributed by atoms with Gasteiger partial charge in [-0.3, -0.25) is 4.79 Å². The van der Waals surface area contributed by atoms with Crippen molar-refractivity contribution in [3.05, 3.63) is 11.8 Å². The summed E-state index contributed by atoms with van der Waals surface area (Å²) >= 11 is 0. The molecule has 0 bridgehead atoms. The molecular formula is C17H24O5. The molecule has 3 rings (SSSR count). The summed E-state index contributed by atoms with van der Waals surface area (Å²) in [6, 6.07) is 0. The van der Waals surface area contributed by atoms with E-state index in [1.807, 2.05) is 6.92 Å². The van der Waals surface area contributed by atoms with Gasteiger partial charge in [0.25, 0.3) is 0 Å². The lowest BCUT2D eigenvalue weighted by molar-refractivity contribution is -0.151. The molecule has 5 nitrogen and oxygen atoms in total. The van der Waals surface area contributed by atoms with Crippen LogP contribution in [0.4, 0.5) is 0 Å². The predicted octanol–water partition coefficient (Wildman–Crippen LogP) is 2.59. The van der Waals surface area contributed by atoms with Crippen LogP contribution in [0.1, 0.15) is 46.5 Å². The zero-order valence-corrected chi connectivity index (χ0v) is 13.7. The Morgan fingerprint density at radius 3 is 2.59 bits per heavy atom. The number of ether oxygens (including phenoxy) is 3. The number of carbonyl (C=O) groups excluding carboxylic acids is 2. The zero-order chi connectivity index (χ0) is 16.1. The molecule has 3 unspecified atom stereocenters. The molecule has 5 atom stereocenters. The van der Waals surface area contributed by atoms with Crippen molar-refractivity contribution in [3.63, 3.8) is 0 Å². The Hall–Kier alpha value is -1.52. The van der Waals surface area contributed by atoms with Crippen LogP contribution in [-0.4, -0.2) is 30.3 Å². The monoisotopic (exact) mass is 308 g/mol. The fraction of sp³-hybridized carbons (Fsp3) is 0.765. The molecule has 1 aliphatic carbocycles. The molecule has 0 N–H and O–H groups in total. The van der Waals surface area contributed by atoms with E-state index in [1.165, 1.54) is 13.2 Å². The van der Waals surface area contributed by atoms with Gasteiger partial charge in [-0.15, -0.1) is 0 Å². The standard InChI is InChI=1S/C17H24O5/c1-5-10-9-16(6-2)14-13(10)15(19)22-17(14,7-3)11(21-16)8-12(18)20-4/h8,10,13-14H,5-7,9H2,1-4H3/b11-8-/t10?,13?,14?,16-,17-/m1/s1. The maximum atomic E-state index is 12.5. The summed E-state index contributed by atoms with van der Waals surface area (Å²) in [6.45, 7) is 6.17. The Kier molecular flexibility index (Phi) is 3.49. The van der Waals surface area contributed by atoms with Crippen molar-refractivity contribution < 1.29 is 23.8 Å². The first-order valence-electron chi connectivity index (χ1n) is 8.20. The van der Waals surface area contributed by atoms with E-state index in [-0.39, 0.29) is 17.8 Å². The highest BCUT2D eigenvalue weighted by Crippen LogP contribution is 2.66. The van der Waals surface area contributed by atoms with Crippen molar-refractivity contribution in [1.82, 2.24) is 0 Å². The van der Waals surface area contributed by atoms with Gasteiger partial charge in [0.2, 0.25) is 0 Å². The van der Waals surface area contributed by atoms with Crippen LogP contribution in [0.25, 0.3) is 0 Å². The maximum Gasteiger partial charge on any atom is 0.334 e. The minimum atomic E-state index is -0.796. The third-order valence-corrected chi connectivity index (χ3v) is 5.93. The third-order valence-electron chi connectivity index (χ3n) is 5.93. The lowest BCUT2D eigenvalue weighted by atomic mass is 9.74. The summed E-state index contributed by atoms with van der Waals surface area (Å²) in [4.78, 5) is 24.2. The Balaban J connectivity index is 2.11. The van der Waals surface area contributed by atoms with Crippen LogP contribution in [0.2, 0.25) is 0 Å². The van der Waals surface area contributed by atoms with E-state index < -0.39 is 17.2 Å². The number of hydrogen-bond acceptors (Lipinski definition) is 5. The molecule has 0 amide bonds. The molecule has 3 fully saturated rings. The average molecular weight is 308 g/mol. The Morgan fingerprint density at radius 1 is 1.32 bits per heavy atom. The quantitative estimate of drug-likeness (QED) is 0.590. The smallest absolute Gasteiger partial charge is 0.334 e. The molecule has 0 spiro atoms. The minimum absolute atomic E-state index is 0.00311. The SMILES string of the molecule is CCC1C[C@@]2(CC)O/C(=C\C(=O)OC)[C@@]3(CC)OC(=O)C1C23. The normalized spacial score (nSPS) is 43.9.